The maximum Gasteiger partial charge on any atom is 0.509 e. The molecule has 1 atom stereocenters. The zero-order chi connectivity index (χ0) is 11.2. The van der Waals surface area contributed by atoms with Gasteiger partial charge in [-0.2, -0.15) is 0 Å². The van der Waals surface area contributed by atoms with Crippen LogP contribution in [0.1, 0.15) is 13.3 Å². The highest BCUT2D eigenvalue weighted by Gasteiger charge is 2.47. The van der Waals surface area contributed by atoms with Gasteiger partial charge >= 0.3 is 8.80 Å². The van der Waals surface area contributed by atoms with Gasteiger partial charge in [-0.15, -0.1) is 0 Å². The summed E-state index contributed by atoms with van der Waals surface area (Å²) in [5, 5.41) is 0. The van der Waals surface area contributed by atoms with Gasteiger partial charge in [-0.05, 0) is 6.42 Å². The van der Waals surface area contributed by atoms with Crippen LogP contribution in [-0.4, -0.2) is 50.8 Å². The van der Waals surface area contributed by atoms with Gasteiger partial charge in [-0.1, -0.05) is 6.92 Å². The number of rotatable bonds is 7. The van der Waals surface area contributed by atoms with Crippen molar-refractivity contribution in [3.05, 3.63) is 0 Å². The van der Waals surface area contributed by atoms with Crippen LogP contribution in [0.3, 0.4) is 0 Å². The molecule has 0 aliphatic carbocycles. The third kappa shape index (κ3) is 4.80. The molecule has 1 unspecified atom stereocenters. The Hall–Kier alpha value is 0.347. The molecular formula is C9H24ClNO3Si. The zero-order valence-electron chi connectivity index (χ0n) is 10.6. The number of hydrogen-bond donors (Lipinski definition) is 1. The zero-order valence-corrected chi connectivity index (χ0v) is 12.4. The molecule has 0 bridgehead atoms. The minimum absolute atomic E-state index is 0. The topological polar surface area (TPSA) is 32.1 Å². The van der Waals surface area contributed by atoms with E-state index in [1.54, 1.807) is 21.3 Å². The molecule has 0 saturated carbocycles. The quantitative estimate of drug-likeness (QED) is 0.488. The van der Waals surface area contributed by atoms with E-state index in [0.717, 1.165) is 13.0 Å². The van der Waals surface area contributed by atoms with Crippen molar-refractivity contribution >= 4 is 8.80 Å². The molecule has 0 aromatic carbocycles. The Balaban J connectivity index is 0. The second kappa shape index (κ2) is 8.49. The third-order valence-electron chi connectivity index (χ3n) is 2.50. The Bertz CT molecular complexity index is 148. The van der Waals surface area contributed by atoms with Crippen LogP contribution in [0.25, 0.3) is 0 Å². The highest BCUT2D eigenvalue weighted by atomic mass is 35.5. The van der Waals surface area contributed by atoms with E-state index in [4.69, 9.17) is 13.3 Å². The highest BCUT2D eigenvalue weighted by molar-refractivity contribution is 6.62. The van der Waals surface area contributed by atoms with Gasteiger partial charge in [0.05, 0.1) is 26.2 Å². The van der Waals surface area contributed by atoms with Crippen molar-refractivity contribution in [3.8, 4) is 0 Å². The molecular weight excluding hydrogens is 234 g/mol. The van der Waals surface area contributed by atoms with Gasteiger partial charge in [-0.3, -0.25) is 0 Å². The second-order valence-electron chi connectivity index (χ2n) is 3.73. The van der Waals surface area contributed by atoms with Gasteiger partial charge in [0.1, 0.15) is 0 Å². The maximum absolute atomic E-state index is 5.47. The Morgan fingerprint density at radius 2 is 1.47 bits per heavy atom. The maximum atomic E-state index is 5.47. The molecule has 0 rings (SSSR count). The standard InChI is InChI=1S/C9H23NO3Si.ClH/c1-7-9(8-10(2)3)14(11-4,12-5)13-6;/h9H,7-8H2,1-6H3;1H. The minimum Gasteiger partial charge on any atom is -1.00 e. The molecule has 0 fully saturated rings. The first-order valence-corrected chi connectivity index (χ1v) is 6.81. The number of hydrogen-bond acceptors (Lipinski definition) is 3. The van der Waals surface area contributed by atoms with Gasteiger partial charge < -0.3 is 30.6 Å². The van der Waals surface area contributed by atoms with Crippen molar-refractivity contribution < 1.29 is 30.6 Å². The SMILES string of the molecule is CCC(C[NH+](C)C)[Si](OC)(OC)OC.[Cl-]. The van der Waals surface area contributed by atoms with Crippen molar-refractivity contribution in [2.24, 2.45) is 0 Å². The second-order valence-corrected chi connectivity index (χ2v) is 6.98. The fraction of sp³-hybridized carbons (Fsp3) is 1.00. The van der Waals surface area contributed by atoms with Crippen molar-refractivity contribution in [1.82, 2.24) is 0 Å². The normalized spacial score (nSPS) is 13.8. The van der Waals surface area contributed by atoms with E-state index in [2.05, 4.69) is 21.0 Å². The first-order chi connectivity index (χ1) is 6.56. The van der Waals surface area contributed by atoms with E-state index < -0.39 is 8.80 Å². The summed E-state index contributed by atoms with van der Waals surface area (Å²) in [5.41, 5.74) is 0.368. The van der Waals surface area contributed by atoms with Crippen LogP contribution in [-0.2, 0) is 13.3 Å². The van der Waals surface area contributed by atoms with E-state index in [1.165, 1.54) is 4.90 Å². The highest BCUT2D eigenvalue weighted by Crippen LogP contribution is 2.25. The van der Waals surface area contributed by atoms with Gasteiger partial charge in [0.25, 0.3) is 0 Å². The summed E-state index contributed by atoms with van der Waals surface area (Å²) in [5.74, 6) is 0. The van der Waals surface area contributed by atoms with E-state index >= 15 is 0 Å². The van der Waals surface area contributed by atoms with E-state index in [9.17, 15) is 0 Å². The summed E-state index contributed by atoms with van der Waals surface area (Å²) in [6, 6.07) is 0. The average Bonchev–Trinajstić information content (AvgIpc) is 2.19. The van der Waals surface area contributed by atoms with Gasteiger partial charge in [0, 0.05) is 21.3 Å². The summed E-state index contributed by atoms with van der Waals surface area (Å²) >= 11 is 0. The van der Waals surface area contributed by atoms with E-state index in [1.807, 2.05) is 0 Å². The van der Waals surface area contributed by atoms with Gasteiger partial charge in [-0.25, -0.2) is 0 Å². The van der Waals surface area contributed by atoms with Crippen molar-refractivity contribution in [1.29, 1.82) is 0 Å². The third-order valence-corrected chi connectivity index (χ3v) is 5.82. The van der Waals surface area contributed by atoms with Crippen LogP contribution in [0.4, 0.5) is 0 Å². The summed E-state index contributed by atoms with van der Waals surface area (Å²) in [4.78, 5) is 1.39. The van der Waals surface area contributed by atoms with Crippen LogP contribution >= 0.6 is 0 Å². The first kappa shape index (κ1) is 17.7. The van der Waals surface area contributed by atoms with Crippen molar-refractivity contribution in [3.63, 3.8) is 0 Å². The summed E-state index contributed by atoms with van der Waals surface area (Å²) < 4.78 is 16.4. The van der Waals surface area contributed by atoms with Crippen LogP contribution in [0.2, 0.25) is 5.54 Å². The van der Waals surface area contributed by atoms with Gasteiger partial charge in [0.15, 0.2) is 0 Å². The molecule has 4 nitrogen and oxygen atoms in total. The summed E-state index contributed by atoms with van der Waals surface area (Å²) in [6.07, 6.45) is 1.02. The fourth-order valence-electron chi connectivity index (χ4n) is 1.76. The first-order valence-electron chi connectivity index (χ1n) is 5.00. The predicted octanol–water partition coefficient (Wildman–Crippen LogP) is -3.21. The molecule has 0 aliphatic rings. The lowest BCUT2D eigenvalue weighted by Crippen LogP contribution is -3.06. The lowest BCUT2D eigenvalue weighted by atomic mass is 10.3. The molecule has 15 heavy (non-hydrogen) atoms. The predicted molar refractivity (Wildman–Crippen MR) is 58.5 cm³/mol. The molecule has 0 radical (unpaired) electrons. The van der Waals surface area contributed by atoms with Crippen LogP contribution < -0.4 is 17.3 Å². The molecule has 0 heterocycles. The molecule has 0 spiro atoms. The summed E-state index contributed by atoms with van der Waals surface area (Å²) in [6.45, 7) is 3.16. The lowest BCUT2D eigenvalue weighted by molar-refractivity contribution is -0.858. The number of halogens is 1. The van der Waals surface area contributed by atoms with E-state index in [-0.39, 0.29) is 12.4 Å². The molecule has 0 aromatic heterocycles. The lowest BCUT2D eigenvalue weighted by Gasteiger charge is -2.31. The largest absolute Gasteiger partial charge is 1.00 e. The number of nitrogens with one attached hydrogen (secondary N) is 1. The van der Waals surface area contributed by atoms with Crippen molar-refractivity contribution in [2.45, 2.75) is 18.9 Å². The van der Waals surface area contributed by atoms with Gasteiger partial charge in [0.2, 0.25) is 0 Å². The molecule has 0 aliphatic heterocycles. The Labute approximate surface area is 101 Å². The van der Waals surface area contributed by atoms with E-state index in [0.29, 0.717) is 5.54 Å². The molecule has 6 heteroatoms. The average molecular weight is 258 g/mol. The van der Waals surface area contributed by atoms with Crippen LogP contribution in [0, 0.1) is 0 Å². The minimum atomic E-state index is -2.43. The van der Waals surface area contributed by atoms with Crippen molar-refractivity contribution in [2.75, 3.05) is 42.0 Å². The number of quaternary nitrogens is 1. The van der Waals surface area contributed by atoms with Crippen LogP contribution in [0.5, 0.6) is 0 Å². The molecule has 94 valence electrons. The monoisotopic (exact) mass is 257 g/mol. The Morgan fingerprint density at radius 3 is 1.67 bits per heavy atom. The molecule has 0 saturated heterocycles. The summed E-state index contributed by atoms with van der Waals surface area (Å²) in [7, 11) is 6.85. The van der Waals surface area contributed by atoms with Crippen LogP contribution in [0.15, 0.2) is 0 Å². The Morgan fingerprint density at radius 1 is 1.07 bits per heavy atom. The Kier molecular flexibility index (Phi) is 10.0. The molecule has 1 N–H and O–H groups in total. The fourth-order valence-corrected chi connectivity index (χ4v) is 4.42. The molecule has 0 amide bonds. The smallest absolute Gasteiger partial charge is 0.509 e. The molecule has 0 aromatic rings.